The van der Waals surface area contributed by atoms with Crippen molar-refractivity contribution in [3.05, 3.63) is 0 Å². The molecular formula is C10H15N. The van der Waals surface area contributed by atoms with Crippen LogP contribution in [0.1, 0.15) is 39.5 Å². The molecule has 1 heteroatoms. The van der Waals surface area contributed by atoms with E-state index in [0.29, 0.717) is 5.41 Å². The van der Waals surface area contributed by atoms with Gasteiger partial charge in [0.15, 0.2) is 0 Å². The highest BCUT2D eigenvalue weighted by Gasteiger charge is 2.67. The number of nitrogens with zero attached hydrogens (tertiary/aromatic N) is 1. The molecule has 0 aromatic carbocycles. The number of hydrogen-bond donors (Lipinski definition) is 0. The molecule has 0 amide bonds. The average Bonchev–Trinajstić information content (AvgIpc) is 1.74. The van der Waals surface area contributed by atoms with E-state index in [1.807, 2.05) is 0 Å². The number of rotatable bonds is 2. The lowest BCUT2D eigenvalue weighted by molar-refractivity contribution is -0.173. The molecule has 11 heavy (non-hydrogen) atoms. The predicted octanol–water partition coefficient (Wildman–Crippen LogP) is 2.73. The summed E-state index contributed by atoms with van der Waals surface area (Å²) in [6.45, 7) is 4.55. The van der Waals surface area contributed by atoms with Crippen molar-refractivity contribution in [2.75, 3.05) is 0 Å². The first-order chi connectivity index (χ1) is 5.10. The summed E-state index contributed by atoms with van der Waals surface area (Å²) < 4.78 is 0. The van der Waals surface area contributed by atoms with E-state index >= 15 is 0 Å². The van der Waals surface area contributed by atoms with Crippen LogP contribution in [0.3, 0.4) is 0 Å². The van der Waals surface area contributed by atoms with Crippen LogP contribution in [0, 0.1) is 28.1 Å². The molecule has 0 unspecified atom stereocenters. The van der Waals surface area contributed by atoms with E-state index in [2.05, 4.69) is 19.9 Å². The van der Waals surface area contributed by atoms with E-state index in [9.17, 15) is 0 Å². The third-order valence-electron chi connectivity index (χ3n) is 3.22. The first kappa shape index (κ1) is 7.16. The van der Waals surface area contributed by atoms with Crippen molar-refractivity contribution in [3.8, 4) is 6.07 Å². The molecular weight excluding hydrogens is 134 g/mol. The zero-order valence-electron chi connectivity index (χ0n) is 7.35. The van der Waals surface area contributed by atoms with Gasteiger partial charge in [-0.2, -0.15) is 5.26 Å². The minimum Gasteiger partial charge on any atom is -0.198 e. The molecule has 0 radical (unpaired) electrons. The second kappa shape index (κ2) is 1.80. The maximum absolute atomic E-state index is 8.78. The first-order valence-electron chi connectivity index (χ1n) is 4.51. The quantitative estimate of drug-likeness (QED) is 0.592. The molecule has 0 aromatic rings. The molecule has 0 spiro atoms. The van der Waals surface area contributed by atoms with Crippen LogP contribution < -0.4 is 0 Å². The van der Waals surface area contributed by atoms with Crippen molar-refractivity contribution in [3.63, 3.8) is 0 Å². The Morgan fingerprint density at radius 1 is 1.36 bits per heavy atom. The van der Waals surface area contributed by atoms with Gasteiger partial charge in [-0.3, -0.25) is 0 Å². The molecule has 3 aliphatic rings. The van der Waals surface area contributed by atoms with Gasteiger partial charge < -0.3 is 0 Å². The van der Waals surface area contributed by atoms with Crippen molar-refractivity contribution in [2.45, 2.75) is 39.5 Å². The van der Waals surface area contributed by atoms with Gasteiger partial charge in [-0.05, 0) is 37.0 Å². The second-order valence-corrected chi connectivity index (χ2v) is 5.02. The number of nitriles is 1. The maximum atomic E-state index is 8.78. The summed E-state index contributed by atoms with van der Waals surface area (Å²) in [7, 11) is 0. The second-order valence-electron chi connectivity index (χ2n) is 5.02. The largest absolute Gasteiger partial charge is 0.198 e. The zero-order chi connectivity index (χ0) is 8.11. The highest BCUT2D eigenvalue weighted by molar-refractivity contribution is 5.25. The van der Waals surface area contributed by atoms with Gasteiger partial charge in [0.05, 0.1) is 11.5 Å². The Hall–Kier alpha value is -0.510. The van der Waals surface area contributed by atoms with E-state index in [4.69, 9.17) is 5.26 Å². The van der Waals surface area contributed by atoms with Gasteiger partial charge in [0.2, 0.25) is 0 Å². The van der Waals surface area contributed by atoms with Crippen LogP contribution in [0.15, 0.2) is 0 Å². The van der Waals surface area contributed by atoms with Gasteiger partial charge in [0.1, 0.15) is 0 Å². The Labute approximate surface area is 68.4 Å². The van der Waals surface area contributed by atoms with Crippen LogP contribution in [-0.4, -0.2) is 0 Å². The molecule has 0 aromatic heterocycles. The Bertz CT molecular complexity index is 202. The van der Waals surface area contributed by atoms with Gasteiger partial charge in [-0.1, -0.05) is 13.8 Å². The monoisotopic (exact) mass is 149 g/mol. The Morgan fingerprint density at radius 2 is 1.91 bits per heavy atom. The molecule has 3 aliphatic carbocycles. The summed E-state index contributed by atoms with van der Waals surface area (Å²) >= 11 is 0. The van der Waals surface area contributed by atoms with Crippen LogP contribution >= 0.6 is 0 Å². The van der Waals surface area contributed by atoms with Crippen molar-refractivity contribution >= 4 is 0 Å². The first-order valence-corrected chi connectivity index (χ1v) is 4.51. The minimum absolute atomic E-state index is 0.162. The topological polar surface area (TPSA) is 23.8 Å². The van der Waals surface area contributed by atoms with Gasteiger partial charge >= 0.3 is 0 Å². The lowest BCUT2D eigenvalue weighted by Gasteiger charge is -2.68. The molecule has 0 N–H and O–H groups in total. The summed E-state index contributed by atoms with van der Waals surface area (Å²) in [4.78, 5) is 0. The SMILES string of the molecule is CC(C)CC12CC(C#N)(C1)C2. The molecule has 3 fully saturated rings. The summed E-state index contributed by atoms with van der Waals surface area (Å²) in [6.07, 6.45) is 4.95. The van der Waals surface area contributed by atoms with E-state index in [0.717, 1.165) is 5.92 Å². The molecule has 0 atom stereocenters. The number of hydrogen-bond acceptors (Lipinski definition) is 1. The van der Waals surface area contributed by atoms with E-state index in [1.165, 1.54) is 25.7 Å². The smallest absolute Gasteiger partial charge is 0.0690 e. The van der Waals surface area contributed by atoms with Crippen LogP contribution in [0.4, 0.5) is 0 Å². The maximum Gasteiger partial charge on any atom is 0.0690 e. The third kappa shape index (κ3) is 0.819. The van der Waals surface area contributed by atoms with Gasteiger partial charge in [0.25, 0.3) is 0 Å². The minimum atomic E-state index is 0.162. The van der Waals surface area contributed by atoms with Gasteiger partial charge in [-0.25, -0.2) is 0 Å². The average molecular weight is 149 g/mol. The fourth-order valence-corrected chi connectivity index (χ4v) is 3.20. The lowest BCUT2D eigenvalue weighted by atomic mass is 9.34. The molecule has 0 saturated heterocycles. The van der Waals surface area contributed by atoms with Crippen molar-refractivity contribution in [1.29, 1.82) is 5.26 Å². The lowest BCUT2D eigenvalue weighted by Crippen LogP contribution is -2.61. The Balaban J connectivity index is 1.91. The fourth-order valence-electron chi connectivity index (χ4n) is 3.20. The normalized spacial score (nSPS) is 46.0. The highest BCUT2D eigenvalue weighted by Crippen LogP contribution is 2.75. The van der Waals surface area contributed by atoms with Crippen molar-refractivity contribution in [1.82, 2.24) is 0 Å². The van der Waals surface area contributed by atoms with Crippen LogP contribution in [0.5, 0.6) is 0 Å². The summed E-state index contributed by atoms with van der Waals surface area (Å²) in [5, 5.41) is 8.78. The molecule has 60 valence electrons. The van der Waals surface area contributed by atoms with E-state index in [1.54, 1.807) is 0 Å². The predicted molar refractivity (Wildman–Crippen MR) is 43.8 cm³/mol. The molecule has 1 nitrogen and oxygen atoms in total. The molecule has 3 saturated carbocycles. The van der Waals surface area contributed by atoms with Gasteiger partial charge in [0, 0.05) is 0 Å². The van der Waals surface area contributed by atoms with Crippen molar-refractivity contribution < 1.29 is 0 Å². The highest BCUT2D eigenvalue weighted by atomic mass is 14.7. The summed E-state index contributed by atoms with van der Waals surface area (Å²) in [5.41, 5.74) is 0.790. The van der Waals surface area contributed by atoms with Crippen LogP contribution in [0.2, 0.25) is 0 Å². The molecule has 0 aliphatic heterocycles. The molecule has 2 bridgehead atoms. The van der Waals surface area contributed by atoms with E-state index in [-0.39, 0.29) is 5.41 Å². The fraction of sp³-hybridized carbons (Fsp3) is 0.900. The van der Waals surface area contributed by atoms with Crippen molar-refractivity contribution in [2.24, 2.45) is 16.7 Å². The molecule has 0 heterocycles. The van der Waals surface area contributed by atoms with Crippen LogP contribution in [0.25, 0.3) is 0 Å². The standard InChI is InChI=1S/C10H15N/c1-8(2)3-9-4-10(5-9,6-9)7-11/h8H,3-6H2,1-2H3. The zero-order valence-corrected chi connectivity index (χ0v) is 7.35. The van der Waals surface area contributed by atoms with Gasteiger partial charge in [-0.15, -0.1) is 0 Å². The molecule has 3 rings (SSSR count). The summed E-state index contributed by atoms with van der Waals surface area (Å²) in [6, 6.07) is 2.44. The Kier molecular flexibility index (Phi) is 1.17. The van der Waals surface area contributed by atoms with Crippen LogP contribution in [-0.2, 0) is 0 Å². The Morgan fingerprint density at radius 3 is 2.27 bits per heavy atom. The third-order valence-corrected chi connectivity index (χ3v) is 3.22. The summed E-state index contributed by atoms with van der Waals surface area (Å²) in [5.74, 6) is 0.812. The van der Waals surface area contributed by atoms with E-state index < -0.39 is 0 Å².